The van der Waals surface area contributed by atoms with E-state index in [0.717, 1.165) is 0 Å². The number of alkyl carbamates (subject to hydrolysis) is 1. The van der Waals surface area contributed by atoms with Gasteiger partial charge in [0.15, 0.2) is 0 Å². The third kappa shape index (κ3) is 5.25. The van der Waals surface area contributed by atoms with Crippen molar-refractivity contribution in [3.63, 3.8) is 0 Å². The maximum Gasteiger partial charge on any atom is 0.408 e. The minimum absolute atomic E-state index is 0.0994. The first-order valence-corrected chi connectivity index (χ1v) is 14.4. The lowest BCUT2D eigenvalue weighted by Crippen LogP contribution is -2.70. The van der Waals surface area contributed by atoms with Crippen LogP contribution >= 0.6 is 0 Å². The molecule has 1 aliphatic heterocycles. The quantitative estimate of drug-likeness (QED) is 0.418. The minimum atomic E-state index is -2.08. The van der Waals surface area contributed by atoms with Crippen LogP contribution in [-0.4, -0.2) is 74.7 Å². The van der Waals surface area contributed by atoms with Gasteiger partial charge < -0.3 is 30.7 Å². The molecule has 39 heavy (non-hydrogen) atoms. The molecular formula is C29H48N4O6. The van der Waals surface area contributed by atoms with Crippen LogP contribution < -0.4 is 11.1 Å². The van der Waals surface area contributed by atoms with Crippen LogP contribution in [0, 0.1) is 34.5 Å². The summed E-state index contributed by atoms with van der Waals surface area (Å²) in [7, 11) is 0. The summed E-state index contributed by atoms with van der Waals surface area (Å²) >= 11 is 0. The third-order valence-corrected chi connectivity index (χ3v) is 9.35. The largest absolute Gasteiger partial charge is 0.444 e. The Labute approximate surface area is 232 Å². The topological polar surface area (TPSA) is 142 Å². The van der Waals surface area contributed by atoms with Crippen molar-refractivity contribution in [2.75, 3.05) is 6.54 Å². The Kier molecular flexibility index (Phi) is 7.10. The molecule has 4 rings (SSSR count). The molecule has 5 atom stereocenters. The van der Waals surface area contributed by atoms with Gasteiger partial charge in [0, 0.05) is 18.5 Å². The van der Waals surface area contributed by atoms with E-state index in [-0.39, 0.29) is 29.2 Å². The van der Waals surface area contributed by atoms with Crippen molar-refractivity contribution in [2.45, 2.75) is 117 Å². The van der Waals surface area contributed by atoms with Gasteiger partial charge in [-0.25, -0.2) is 4.79 Å². The van der Waals surface area contributed by atoms with Crippen molar-refractivity contribution in [1.82, 2.24) is 15.1 Å². The van der Waals surface area contributed by atoms with E-state index in [2.05, 4.69) is 26.1 Å². The number of amides is 4. The molecule has 0 aromatic heterocycles. The summed E-state index contributed by atoms with van der Waals surface area (Å²) in [6.07, 6.45) is 1.85. The first-order valence-electron chi connectivity index (χ1n) is 14.4. The highest BCUT2D eigenvalue weighted by Crippen LogP contribution is 2.65. The van der Waals surface area contributed by atoms with Crippen LogP contribution in [0.2, 0.25) is 0 Å². The van der Waals surface area contributed by atoms with Gasteiger partial charge in [-0.15, -0.1) is 0 Å². The fraction of sp³-hybridized carbons (Fsp3) is 0.862. The number of nitrogens with two attached hydrogens (primary N) is 1. The number of nitrogens with zero attached hydrogens (tertiary/aromatic N) is 2. The lowest BCUT2D eigenvalue weighted by Gasteiger charge is -2.50. The van der Waals surface area contributed by atoms with E-state index in [0.29, 0.717) is 38.1 Å². The number of likely N-dealkylation sites (tertiary alicyclic amines) is 1. The highest BCUT2D eigenvalue weighted by atomic mass is 16.6. The van der Waals surface area contributed by atoms with Crippen LogP contribution in [-0.2, 0) is 19.1 Å². The number of ether oxygens (including phenoxy) is 1. The van der Waals surface area contributed by atoms with E-state index in [1.165, 1.54) is 4.90 Å². The van der Waals surface area contributed by atoms with Crippen LogP contribution in [0.1, 0.15) is 88.0 Å². The highest BCUT2D eigenvalue weighted by Gasteiger charge is 2.71. The number of nitrogens with one attached hydrogen (secondary N) is 1. The number of fused-ring (bicyclic) bond motifs is 1. The van der Waals surface area contributed by atoms with Crippen molar-refractivity contribution in [3.8, 4) is 0 Å². The van der Waals surface area contributed by atoms with Crippen molar-refractivity contribution in [1.29, 1.82) is 0 Å². The van der Waals surface area contributed by atoms with E-state index < -0.39 is 52.7 Å². The van der Waals surface area contributed by atoms with Crippen molar-refractivity contribution >= 4 is 23.8 Å². The molecular weight excluding hydrogens is 500 g/mol. The fourth-order valence-corrected chi connectivity index (χ4v) is 6.88. The molecule has 4 N–H and O–H groups in total. The SMILES string of the molecule is CC1CC(N(C(=O)C2C3C(CN2C(=O)C(NC(=O)OC(C)(C)C)C(C)(C)C)C3(C)C)C(O)(C(N)=O)C2CC2)C1. The first kappa shape index (κ1) is 29.6. The molecule has 0 spiro atoms. The number of hydrogen-bond donors (Lipinski definition) is 3. The molecule has 0 bridgehead atoms. The van der Waals surface area contributed by atoms with Crippen molar-refractivity contribution < 1.29 is 29.0 Å². The van der Waals surface area contributed by atoms with E-state index in [1.807, 2.05) is 20.8 Å². The van der Waals surface area contributed by atoms with E-state index in [1.54, 1.807) is 25.7 Å². The molecule has 4 aliphatic rings. The molecule has 10 nitrogen and oxygen atoms in total. The lowest BCUT2D eigenvalue weighted by molar-refractivity contribution is -0.194. The predicted octanol–water partition coefficient (Wildman–Crippen LogP) is 2.62. The van der Waals surface area contributed by atoms with Gasteiger partial charge in [-0.3, -0.25) is 14.4 Å². The zero-order valence-electron chi connectivity index (χ0n) is 25.0. The predicted molar refractivity (Wildman–Crippen MR) is 145 cm³/mol. The van der Waals surface area contributed by atoms with Crippen LogP contribution in [0.3, 0.4) is 0 Å². The summed E-state index contributed by atoms with van der Waals surface area (Å²) in [6, 6.07) is -2.12. The number of carbonyl (C=O) groups excluding carboxylic acids is 4. The monoisotopic (exact) mass is 548 g/mol. The fourth-order valence-electron chi connectivity index (χ4n) is 6.88. The van der Waals surface area contributed by atoms with Crippen LogP contribution in [0.4, 0.5) is 4.79 Å². The molecule has 10 heteroatoms. The Hall–Kier alpha value is -2.36. The Morgan fingerprint density at radius 3 is 2.08 bits per heavy atom. The smallest absolute Gasteiger partial charge is 0.408 e. The molecule has 3 aliphatic carbocycles. The standard InChI is InChI=1S/C29H48N4O6/c1-15-12-17(13-15)33(29(38,24(30)36)16-10-11-16)22(34)20-19-18(28(19,8)9)14-32(20)23(35)21(26(2,3)4)31-25(37)39-27(5,6)7/h15-21,38H,10-14H2,1-9H3,(H2,30,36)(H,31,37). The van der Waals surface area contributed by atoms with Gasteiger partial charge in [0.2, 0.25) is 17.5 Å². The Balaban J connectivity index is 1.68. The maximum absolute atomic E-state index is 14.5. The summed E-state index contributed by atoms with van der Waals surface area (Å²) < 4.78 is 5.44. The van der Waals surface area contributed by atoms with Gasteiger partial charge in [-0.1, -0.05) is 41.5 Å². The third-order valence-electron chi connectivity index (χ3n) is 9.35. The molecule has 220 valence electrons. The average Bonchev–Trinajstić information content (AvgIpc) is 3.63. The number of rotatable bonds is 7. The summed E-state index contributed by atoms with van der Waals surface area (Å²) in [6.45, 7) is 17.4. The van der Waals surface area contributed by atoms with E-state index in [4.69, 9.17) is 10.5 Å². The van der Waals surface area contributed by atoms with Gasteiger partial charge in [0.05, 0.1) is 0 Å². The normalized spacial score (nSPS) is 31.7. The van der Waals surface area contributed by atoms with Crippen LogP contribution in [0.25, 0.3) is 0 Å². The van der Waals surface area contributed by atoms with E-state index in [9.17, 15) is 24.3 Å². The molecule has 0 aromatic rings. The van der Waals surface area contributed by atoms with Gasteiger partial charge >= 0.3 is 6.09 Å². The average molecular weight is 549 g/mol. The number of piperidine rings is 1. The number of hydrogen-bond acceptors (Lipinski definition) is 6. The van der Waals surface area contributed by atoms with Crippen LogP contribution in [0.15, 0.2) is 0 Å². The lowest BCUT2D eigenvalue weighted by atomic mass is 9.78. The number of aliphatic hydroxyl groups is 1. The second-order valence-corrected chi connectivity index (χ2v) is 15.1. The molecule has 0 radical (unpaired) electrons. The summed E-state index contributed by atoms with van der Waals surface area (Å²) in [5.41, 5.74) is 2.12. The molecule has 4 amide bonds. The molecule has 1 heterocycles. The number of primary amides is 1. The maximum atomic E-state index is 14.5. The van der Waals surface area contributed by atoms with Gasteiger partial charge in [-0.2, -0.15) is 0 Å². The summed E-state index contributed by atoms with van der Waals surface area (Å²) in [4.78, 5) is 57.1. The van der Waals surface area contributed by atoms with Crippen molar-refractivity contribution in [3.05, 3.63) is 0 Å². The Morgan fingerprint density at radius 1 is 1.08 bits per heavy atom. The highest BCUT2D eigenvalue weighted by molar-refractivity contribution is 5.96. The zero-order chi connectivity index (χ0) is 29.5. The van der Waals surface area contributed by atoms with Crippen molar-refractivity contribution in [2.24, 2.45) is 40.2 Å². The number of carbonyl (C=O) groups is 4. The summed E-state index contributed by atoms with van der Waals surface area (Å²) in [5, 5.41) is 14.5. The van der Waals surface area contributed by atoms with Gasteiger partial charge in [-0.05, 0) is 75.0 Å². The molecule has 0 aromatic carbocycles. The summed E-state index contributed by atoms with van der Waals surface area (Å²) in [5.74, 6) is -1.77. The molecule has 4 fully saturated rings. The Bertz CT molecular complexity index is 1040. The molecule has 1 saturated heterocycles. The second kappa shape index (κ2) is 9.35. The Morgan fingerprint density at radius 2 is 1.64 bits per heavy atom. The molecule has 3 saturated carbocycles. The van der Waals surface area contributed by atoms with Gasteiger partial charge in [0.1, 0.15) is 17.7 Å². The second-order valence-electron chi connectivity index (χ2n) is 15.1. The van der Waals surface area contributed by atoms with E-state index >= 15 is 0 Å². The minimum Gasteiger partial charge on any atom is -0.444 e. The van der Waals surface area contributed by atoms with Gasteiger partial charge in [0.25, 0.3) is 5.91 Å². The van der Waals surface area contributed by atoms with Crippen LogP contribution in [0.5, 0.6) is 0 Å². The first-order chi connectivity index (χ1) is 17.7. The molecule has 5 unspecified atom stereocenters. The zero-order valence-corrected chi connectivity index (χ0v) is 25.0.